The Kier molecular flexibility index (Phi) is 1.85. The summed E-state index contributed by atoms with van der Waals surface area (Å²) < 4.78 is 4.39. The van der Waals surface area contributed by atoms with Crippen molar-refractivity contribution < 1.29 is 14.3 Å². The number of rotatable bonds is 1. The first-order chi connectivity index (χ1) is 4.75. The summed E-state index contributed by atoms with van der Waals surface area (Å²) in [4.78, 5) is 21.5. The van der Waals surface area contributed by atoms with E-state index >= 15 is 0 Å². The van der Waals surface area contributed by atoms with Crippen LogP contribution in [0.2, 0.25) is 0 Å². The molecule has 54 valence electrons. The highest BCUT2D eigenvalue weighted by Gasteiger charge is 2.26. The van der Waals surface area contributed by atoms with E-state index in [2.05, 4.69) is 4.74 Å². The van der Waals surface area contributed by atoms with Crippen molar-refractivity contribution in [2.24, 2.45) is 5.92 Å². The van der Waals surface area contributed by atoms with E-state index in [4.69, 9.17) is 0 Å². The first-order valence-electron chi connectivity index (χ1n) is 3.03. The van der Waals surface area contributed by atoms with Crippen LogP contribution in [-0.2, 0) is 14.3 Å². The van der Waals surface area contributed by atoms with E-state index in [0.717, 1.165) is 0 Å². The second-order valence-electron chi connectivity index (χ2n) is 2.10. The molecule has 0 bridgehead atoms. The number of esters is 1. The quantitative estimate of drug-likeness (QED) is 0.299. The Labute approximate surface area is 58.7 Å². The van der Waals surface area contributed by atoms with E-state index in [1.54, 1.807) is 12.2 Å². The maximum Gasteiger partial charge on any atom is 0.320 e. The summed E-state index contributed by atoms with van der Waals surface area (Å²) in [6.07, 6.45) is 3.62. The van der Waals surface area contributed by atoms with Gasteiger partial charge in [0, 0.05) is 6.42 Å². The minimum absolute atomic E-state index is 0.0770. The molecule has 0 spiro atoms. The van der Waals surface area contributed by atoms with E-state index in [9.17, 15) is 9.59 Å². The van der Waals surface area contributed by atoms with Crippen LogP contribution < -0.4 is 0 Å². The molecule has 1 aliphatic carbocycles. The van der Waals surface area contributed by atoms with Crippen molar-refractivity contribution in [3.05, 3.63) is 12.2 Å². The van der Waals surface area contributed by atoms with Crippen molar-refractivity contribution >= 4 is 11.8 Å². The minimum atomic E-state index is -0.634. The molecule has 0 aliphatic heterocycles. The highest BCUT2D eigenvalue weighted by atomic mass is 16.5. The summed E-state index contributed by atoms with van der Waals surface area (Å²) in [6.45, 7) is 0. The second-order valence-corrected chi connectivity index (χ2v) is 2.10. The van der Waals surface area contributed by atoms with Gasteiger partial charge in [0.05, 0.1) is 7.11 Å². The minimum Gasteiger partial charge on any atom is -0.468 e. The number of hydrogen-bond acceptors (Lipinski definition) is 3. The van der Waals surface area contributed by atoms with Gasteiger partial charge in [-0.1, -0.05) is 12.2 Å². The first kappa shape index (κ1) is 6.99. The molecule has 1 unspecified atom stereocenters. The molecule has 0 radical (unpaired) electrons. The second kappa shape index (κ2) is 2.64. The zero-order valence-electron chi connectivity index (χ0n) is 5.66. The Hall–Kier alpha value is -1.12. The van der Waals surface area contributed by atoms with Gasteiger partial charge in [0.25, 0.3) is 0 Å². The van der Waals surface area contributed by atoms with Crippen molar-refractivity contribution in [3.63, 3.8) is 0 Å². The van der Waals surface area contributed by atoms with Gasteiger partial charge in [-0.3, -0.25) is 9.59 Å². The molecule has 0 aromatic carbocycles. The van der Waals surface area contributed by atoms with Gasteiger partial charge >= 0.3 is 5.97 Å². The lowest BCUT2D eigenvalue weighted by atomic mass is 10.1. The smallest absolute Gasteiger partial charge is 0.320 e. The SMILES string of the molecule is COC(=O)C1C=CCC1=O. The molecule has 0 amide bonds. The molecule has 1 rings (SSSR count). The normalized spacial score (nSPS) is 23.3. The van der Waals surface area contributed by atoms with Gasteiger partial charge < -0.3 is 4.74 Å². The molecule has 1 atom stereocenters. The average molecular weight is 140 g/mol. The summed E-state index contributed by atoms with van der Waals surface area (Å²) >= 11 is 0. The fraction of sp³-hybridized carbons (Fsp3) is 0.429. The molecule has 0 saturated carbocycles. The van der Waals surface area contributed by atoms with Gasteiger partial charge in [0.2, 0.25) is 0 Å². The van der Waals surface area contributed by atoms with E-state index < -0.39 is 11.9 Å². The predicted molar refractivity (Wildman–Crippen MR) is 34.3 cm³/mol. The molecular formula is C7H8O3. The fourth-order valence-corrected chi connectivity index (χ4v) is 0.892. The number of allylic oxidation sites excluding steroid dienone is 1. The van der Waals surface area contributed by atoms with Gasteiger partial charge in [-0.15, -0.1) is 0 Å². The molecule has 0 aromatic heterocycles. The van der Waals surface area contributed by atoms with Crippen LogP contribution in [0.1, 0.15) is 6.42 Å². The molecule has 0 fully saturated rings. The summed E-state index contributed by atoms with van der Waals surface area (Å²) in [5, 5.41) is 0. The fourth-order valence-electron chi connectivity index (χ4n) is 0.892. The standard InChI is InChI=1S/C7H8O3/c1-10-7(9)5-3-2-4-6(5)8/h2-3,5H,4H2,1H3. The molecule has 0 aromatic rings. The van der Waals surface area contributed by atoms with Crippen LogP contribution in [0.5, 0.6) is 0 Å². The zero-order chi connectivity index (χ0) is 7.56. The number of Topliss-reactive ketones (excluding diaryl/α,β-unsaturated/α-hetero) is 1. The van der Waals surface area contributed by atoms with Crippen LogP contribution in [0, 0.1) is 5.92 Å². The highest BCUT2D eigenvalue weighted by molar-refractivity contribution is 6.03. The van der Waals surface area contributed by atoms with Gasteiger partial charge in [0.1, 0.15) is 5.92 Å². The van der Waals surface area contributed by atoms with Gasteiger partial charge in [0.15, 0.2) is 5.78 Å². The number of ether oxygens (including phenoxy) is 1. The summed E-state index contributed by atoms with van der Waals surface area (Å²) in [5.41, 5.74) is 0. The third-order valence-corrected chi connectivity index (χ3v) is 1.45. The maximum atomic E-state index is 10.8. The Morgan fingerprint density at radius 3 is 2.90 bits per heavy atom. The number of carbonyl (C=O) groups is 2. The van der Waals surface area contributed by atoms with E-state index in [-0.39, 0.29) is 5.78 Å². The molecule has 0 N–H and O–H groups in total. The average Bonchev–Trinajstić information content (AvgIpc) is 2.34. The third-order valence-electron chi connectivity index (χ3n) is 1.45. The van der Waals surface area contributed by atoms with Crippen LogP contribution in [0.25, 0.3) is 0 Å². The number of carbonyl (C=O) groups excluding carboxylic acids is 2. The maximum absolute atomic E-state index is 10.8. The molecule has 3 heteroatoms. The number of ketones is 1. The molecule has 0 heterocycles. The monoisotopic (exact) mass is 140 g/mol. The van der Waals surface area contributed by atoms with Crippen LogP contribution in [0.15, 0.2) is 12.2 Å². The summed E-state index contributed by atoms with van der Waals surface area (Å²) in [5.74, 6) is -1.17. The topological polar surface area (TPSA) is 43.4 Å². The molecular weight excluding hydrogens is 132 g/mol. The van der Waals surface area contributed by atoms with E-state index in [1.165, 1.54) is 7.11 Å². The molecule has 1 aliphatic rings. The molecule has 10 heavy (non-hydrogen) atoms. The number of hydrogen-bond donors (Lipinski definition) is 0. The molecule has 3 nitrogen and oxygen atoms in total. The van der Waals surface area contributed by atoms with E-state index in [0.29, 0.717) is 6.42 Å². The van der Waals surface area contributed by atoms with Crippen LogP contribution >= 0.6 is 0 Å². The lowest BCUT2D eigenvalue weighted by Gasteiger charge is -2.01. The van der Waals surface area contributed by atoms with Crippen LogP contribution in [0.3, 0.4) is 0 Å². The lowest BCUT2D eigenvalue weighted by molar-refractivity contribution is -0.146. The number of methoxy groups -OCH3 is 1. The van der Waals surface area contributed by atoms with Crippen LogP contribution in [0.4, 0.5) is 0 Å². The van der Waals surface area contributed by atoms with Crippen molar-refractivity contribution in [1.82, 2.24) is 0 Å². The predicted octanol–water partition coefficient (Wildman–Crippen LogP) is 0.305. The Balaban J connectivity index is 2.64. The van der Waals surface area contributed by atoms with Crippen molar-refractivity contribution in [1.29, 1.82) is 0 Å². The van der Waals surface area contributed by atoms with Crippen molar-refractivity contribution in [3.8, 4) is 0 Å². The van der Waals surface area contributed by atoms with E-state index in [1.807, 2.05) is 0 Å². The van der Waals surface area contributed by atoms with Gasteiger partial charge in [-0.05, 0) is 0 Å². The van der Waals surface area contributed by atoms with Gasteiger partial charge in [-0.2, -0.15) is 0 Å². The lowest BCUT2D eigenvalue weighted by Crippen LogP contribution is -2.19. The summed E-state index contributed by atoms with van der Waals surface area (Å²) in [7, 11) is 1.28. The Bertz CT molecular complexity index is 193. The first-order valence-corrected chi connectivity index (χ1v) is 3.03. The Morgan fingerprint density at radius 2 is 2.50 bits per heavy atom. The zero-order valence-corrected chi connectivity index (χ0v) is 5.66. The van der Waals surface area contributed by atoms with Gasteiger partial charge in [-0.25, -0.2) is 0 Å². The summed E-state index contributed by atoms with van der Waals surface area (Å²) in [6, 6.07) is 0. The Morgan fingerprint density at radius 1 is 1.80 bits per heavy atom. The van der Waals surface area contributed by atoms with Crippen molar-refractivity contribution in [2.45, 2.75) is 6.42 Å². The van der Waals surface area contributed by atoms with Crippen molar-refractivity contribution in [2.75, 3.05) is 7.11 Å². The third kappa shape index (κ3) is 1.07. The largest absolute Gasteiger partial charge is 0.468 e. The van der Waals surface area contributed by atoms with Crippen LogP contribution in [-0.4, -0.2) is 18.9 Å². The highest BCUT2D eigenvalue weighted by Crippen LogP contribution is 2.13. The molecule has 0 saturated heterocycles.